The molecule has 0 bridgehead atoms. The molecule has 0 spiro atoms. The Morgan fingerprint density at radius 3 is 2.19 bits per heavy atom. The van der Waals surface area contributed by atoms with Gasteiger partial charge in [-0.3, -0.25) is 9.59 Å². The fourth-order valence-corrected chi connectivity index (χ4v) is 5.41. The number of nitrogens with zero attached hydrogens (tertiary/aromatic N) is 1. The number of benzene rings is 2. The molecule has 2 aromatic carbocycles. The Kier molecular flexibility index (Phi) is 7.46. The molecule has 3 rings (SSSR count). The van der Waals surface area contributed by atoms with E-state index < -0.39 is 21.8 Å². The number of piperidine rings is 1. The summed E-state index contributed by atoms with van der Waals surface area (Å²) in [5.74, 6) is -1.47. The number of nitrogens with one attached hydrogen (secondary N) is 2. The van der Waals surface area contributed by atoms with Crippen LogP contribution in [0.5, 0.6) is 0 Å². The Morgan fingerprint density at radius 1 is 0.935 bits per heavy atom. The lowest BCUT2D eigenvalue weighted by atomic mass is 10.0. The van der Waals surface area contributed by atoms with Crippen LogP contribution >= 0.6 is 0 Å². The molecule has 0 radical (unpaired) electrons. The molecule has 7 nitrogen and oxygen atoms in total. The molecule has 2 N–H and O–H groups in total. The smallest absolute Gasteiger partial charge is 0.313 e. The van der Waals surface area contributed by atoms with Gasteiger partial charge < -0.3 is 10.6 Å². The maximum Gasteiger partial charge on any atom is 0.313 e. The molecule has 1 heterocycles. The van der Waals surface area contributed by atoms with Crippen molar-refractivity contribution in [1.82, 2.24) is 9.62 Å². The maximum atomic E-state index is 13.1. The average molecular weight is 444 g/mol. The highest BCUT2D eigenvalue weighted by atomic mass is 32.2. The van der Waals surface area contributed by atoms with Gasteiger partial charge in [0.2, 0.25) is 10.0 Å². The summed E-state index contributed by atoms with van der Waals surface area (Å²) in [6.45, 7) is 4.54. The zero-order valence-electron chi connectivity index (χ0n) is 17.9. The number of carbonyl (C=O) groups is 2. The first-order valence-corrected chi connectivity index (χ1v) is 12.0. The van der Waals surface area contributed by atoms with E-state index in [0.717, 1.165) is 30.4 Å². The van der Waals surface area contributed by atoms with Gasteiger partial charge >= 0.3 is 11.8 Å². The molecule has 2 amide bonds. The van der Waals surface area contributed by atoms with Crippen molar-refractivity contribution in [3.63, 3.8) is 0 Å². The molecule has 8 heteroatoms. The first kappa shape index (κ1) is 23.0. The van der Waals surface area contributed by atoms with Gasteiger partial charge in [0.05, 0.1) is 4.90 Å². The Bertz CT molecular complexity index is 1020. The maximum absolute atomic E-state index is 13.1. The summed E-state index contributed by atoms with van der Waals surface area (Å²) < 4.78 is 27.8. The van der Waals surface area contributed by atoms with Crippen molar-refractivity contribution in [2.45, 2.75) is 50.5 Å². The van der Waals surface area contributed by atoms with Crippen molar-refractivity contribution in [2.24, 2.45) is 0 Å². The number of rotatable bonds is 6. The van der Waals surface area contributed by atoms with E-state index in [-0.39, 0.29) is 17.5 Å². The molecular formula is C23H29N3O4S. The highest BCUT2D eigenvalue weighted by Crippen LogP contribution is 2.27. The Labute approximate surface area is 183 Å². The molecule has 2 aromatic rings. The molecule has 166 valence electrons. The van der Waals surface area contributed by atoms with Crippen LogP contribution in [0.1, 0.15) is 36.8 Å². The monoisotopic (exact) mass is 443 g/mol. The number of sulfonamides is 1. The van der Waals surface area contributed by atoms with E-state index in [1.54, 1.807) is 40.7 Å². The SMILES string of the molecule is Cc1ccc(NC(=O)C(=O)NCC[C@@H]2CCCCN2S(=O)(=O)c2ccc(C)cc2)cc1. The van der Waals surface area contributed by atoms with Crippen LogP contribution in [0.2, 0.25) is 0 Å². The first-order chi connectivity index (χ1) is 14.8. The Morgan fingerprint density at radius 2 is 1.55 bits per heavy atom. The third-order valence-corrected chi connectivity index (χ3v) is 7.45. The van der Waals surface area contributed by atoms with E-state index in [4.69, 9.17) is 0 Å². The van der Waals surface area contributed by atoms with Crippen LogP contribution in [0, 0.1) is 13.8 Å². The summed E-state index contributed by atoms with van der Waals surface area (Å²) in [5.41, 5.74) is 2.61. The number of aryl methyl sites for hydroxylation is 2. The fourth-order valence-electron chi connectivity index (χ4n) is 3.68. The first-order valence-electron chi connectivity index (χ1n) is 10.5. The van der Waals surface area contributed by atoms with Crippen molar-refractivity contribution in [1.29, 1.82) is 0 Å². The highest BCUT2D eigenvalue weighted by Gasteiger charge is 2.33. The van der Waals surface area contributed by atoms with E-state index in [9.17, 15) is 18.0 Å². The number of hydrogen-bond acceptors (Lipinski definition) is 4. The Hall–Kier alpha value is -2.71. The second kappa shape index (κ2) is 10.1. The van der Waals surface area contributed by atoms with Gasteiger partial charge in [0.1, 0.15) is 0 Å². The second-order valence-corrected chi connectivity index (χ2v) is 9.83. The number of anilines is 1. The number of carbonyl (C=O) groups excluding carboxylic acids is 2. The van der Waals surface area contributed by atoms with Crippen molar-refractivity contribution in [3.8, 4) is 0 Å². The molecule has 0 aliphatic carbocycles. The standard InChI is InChI=1S/C23H29N3O4S/c1-17-6-10-19(11-7-17)25-23(28)22(27)24-15-14-20-5-3-4-16-26(20)31(29,30)21-12-8-18(2)9-13-21/h6-13,20H,3-5,14-16H2,1-2H3,(H,24,27)(H,25,28)/t20-/m0/s1. The molecule has 0 aromatic heterocycles. The molecule has 1 aliphatic heterocycles. The van der Waals surface area contributed by atoms with Crippen LogP contribution in [-0.4, -0.2) is 43.7 Å². The van der Waals surface area contributed by atoms with Crippen molar-refractivity contribution in [2.75, 3.05) is 18.4 Å². The van der Waals surface area contributed by atoms with E-state index in [1.165, 1.54) is 0 Å². The van der Waals surface area contributed by atoms with E-state index in [1.807, 2.05) is 26.0 Å². The van der Waals surface area contributed by atoms with Crippen molar-refractivity contribution < 1.29 is 18.0 Å². The summed E-state index contributed by atoms with van der Waals surface area (Å²) in [5, 5.41) is 5.17. The summed E-state index contributed by atoms with van der Waals surface area (Å²) in [6, 6.07) is 13.8. The summed E-state index contributed by atoms with van der Waals surface area (Å²) >= 11 is 0. The molecule has 31 heavy (non-hydrogen) atoms. The normalized spacial score (nSPS) is 17.2. The van der Waals surface area contributed by atoms with E-state index in [0.29, 0.717) is 18.7 Å². The molecule has 0 unspecified atom stereocenters. The molecule has 1 aliphatic rings. The van der Waals surface area contributed by atoms with Crippen molar-refractivity contribution >= 4 is 27.5 Å². The molecule has 1 atom stereocenters. The van der Waals surface area contributed by atoms with Crippen LogP contribution in [0.4, 0.5) is 5.69 Å². The summed E-state index contributed by atoms with van der Waals surface area (Å²) in [4.78, 5) is 24.5. The van der Waals surface area contributed by atoms with Crippen LogP contribution in [-0.2, 0) is 19.6 Å². The van der Waals surface area contributed by atoms with E-state index >= 15 is 0 Å². The predicted octanol–water partition coefficient (Wildman–Crippen LogP) is 2.99. The minimum Gasteiger partial charge on any atom is -0.348 e. The van der Waals surface area contributed by atoms with Gasteiger partial charge in [-0.05, 0) is 57.4 Å². The minimum absolute atomic E-state index is 0.208. The van der Waals surface area contributed by atoms with Gasteiger partial charge in [0, 0.05) is 24.8 Å². The van der Waals surface area contributed by atoms with Crippen LogP contribution in [0.15, 0.2) is 53.4 Å². The van der Waals surface area contributed by atoms with Crippen molar-refractivity contribution in [3.05, 3.63) is 59.7 Å². The molecular weight excluding hydrogens is 414 g/mol. The van der Waals surface area contributed by atoms with Crippen LogP contribution in [0.3, 0.4) is 0 Å². The summed E-state index contributed by atoms with van der Waals surface area (Å²) in [6.07, 6.45) is 2.94. The van der Waals surface area contributed by atoms with Gasteiger partial charge in [-0.1, -0.05) is 41.8 Å². The highest BCUT2D eigenvalue weighted by molar-refractivity contribution is 7.89. The molecule has 0 saturated carbocycles. The lowest BCUT2D eigenvalue weighted by Gasteiger charge is -2.34. The lowest BCUT2D eigenvalue weighted by molar-refractivity contribution is -0.136. The van der Waals surface area contributed by atoms with Gasteiger partial charge in [-0.2, -0.15) is 4.31 Å². The average Bonchev–Trinajstić information content (AvgIpc) is 2.76. The summed E-state index contributed by atoms with van der Waals surface area (Å²) in [7, 11) is -3.60. The molecule has 1 fully saturated rings. The van der Waals surface area contributed by atoms with Gasteiger partial charge in [-0.15, -0.1) is 0 Å². The largest absolute Gasteiger partial charge is 0.348 e. The van der Waals surface area contributed by atoms with Gasteiger partial charge in [0.25, 0.3) is 0 Å². The Balaban J connectivity index is 1.56. The minimum atomic E-state index is -3.60. The molecule has 1 saturated heterocycles. The topological polar surface area (TPSA) is 95.6 Å². The van der Waals surface area contributed by atoms with E-state index in [2.05, 4.69) is 10.6 Å². The zero-order valence-corrected chi connectivity index (χ0v) is 18.7. The second-order valence-electron chi connectivity index (χ2n) is 7.94. The zero-order chi connectivity index (χ0) is 22.4. The number of hydrogen-bond donors (Lipinski definition) is 2. The lowest BCUT2D eigenvalue weighted by Crippen LogP contribution is -2.45. The third kappa shape index (κ3) is 5.92. The number of amides is 2. The fraction of sp³-hybridized carbons (Fsp3) is 0.391. The van der Waals surface area contributed by atoms with Gasteiger partial charge in [0.15, 0.2) is 0 Å². The van der Waals surface area contributed by atoms with Crippen LogP contribution in [0.25, 0.3) is 0 Å². The van der Waals surface area contributed by atoms with Crippen LogP contribution < -0.4 is 10.6 Å². The third-order valence-electron chi connectivity index (χ3n) is 5.48. The predicted molar refractivity (Wildman–Crippen MR) is 120 cm³/mol. The quantitative estimate of drug-likeness (QED) is 0.671. The van der Waals surface area contributed by atoms with Gasteiger partial charge in [-0.25, -0.2) is 8.42 Å².